The summed E-state index contributed by atoms with van der Waals surface area (Å²) in [7, 11) is 0. The topological polar surface area (TPSA) is 84.0 Å². The highest BCUT2D eigenvalue weighted by Crippen LogP contribution is 2.11. The average Bonchev–Trinajstić information content (AvgIpc) is 3.12. The van der Waals surface area contributed by atoms with E-state index in [1.54, 1.807) is 0 Å². The van der Waals surface area contributed by atoms with E-state index < -0.39 is 0 Å². The lowest BCUT2D eigenvalue weighted by molar-refractivity contribution is -0.114. The molecule has 1 atom stereocenters. The lowest BCUT2D eigenvalue weighted by atomic mass is 10.2. The van der Waals surface area contributed by atoms with Crippen LogP contribution in [0.3, 0.4) is 0 Å². The molecule has 1 fully saturated rings. The van der Waals surface area contributed by atoms with Crippen LogP contribution in [0, 0.1) is 0 Å². The van der Waals surface area contributed by atoms with Crippen molar-refractivity contribution in [1.82, 2.24) is 10.6 Å². The summed E-state index contributed by atoms with van der Waals surface area (Å²) < 4.78 is 11.1. The number of anilines is 1. The molecule has 0 aliphatic carbocycles. The Balaban J connectivity index is 1.75. The van der Waals surface area contributed by atoms with Crippen LogP contribution in [-0.4, -0.2) is 50.9 Å². The first-order chi connectivity index (χ1) is 12.7. The Kier molecular flexibility index (Phi) is 8.92. The van der Waals surface area contributed by atoms with Gasteiger partial charge in [-0.15, -0.1) is 0 Å². The first-order valence-electron chi connectivity index (χ1n) is 9.25. The Labute approximate surface area is 155 Å². The normalized spacial score (nSPS) is 17.2. The van der Waals surface area contributed by atoms with Crippen LogP contribution in [-0.2, 0) is 20.8 Å². The monoisotopic (exact) mass is 362 g/mol. The van der Waals surface area contributed by atoms with E-state index in [2.05, 4.69) is 20.9 Å². The summed E-state index contributed by atoms with van der Waals surface area (Å²) >= 11 is 0. The maximum Gasteiger partial charge on any atom is 0.221 e. The second-order valence-electron chi connectivity index (χ2n) is 6.21. The van der Waals surface area contributed by atoms with Crippen molar-refractivity contribution < 1.29 is 14.3 Å². The highest BCUT2D eigenvalue weighted by molar-refractivity contribution is 5.88. The molecule has 1 aliphatic heterocycles. The standard InChI is InChI=1S/C19H30N4O3/c1-3-20-19(21-9-5-10-26-18-8-11-25-14-18)22-13-16-6-4-7-17(12-16)23-15(2)24/h4,6-7,12,18H,3,5,8-11,13-14H2,1-2H3,(H,23,24)(H2,20,21,22). The smallest absolute Gasteiger partial charge is 0.221 e. The molecular formula is C19H30N4O3. The number of carbonyl (C=O) groups is 1. The van der Waals surface area contributed by atoms with E-state index in [4.69, 9.17) is 9.47 Å². The molecule has 3 N–H and O–H groups in total. The number of hydrogen-bond acceptors (Lipinski definition) is 4. The van der Waals surface area contributed by atoms with Gasteiger partial charge < -0.3 is 25.4 Å². The molecule has 0 saturated carbocycles. The highest BCUT2D eigenvalue weighted by atomic mass is 16.5. The lowest BCUT2D eigenvalue weighted by Gasteiger charge is -2.13. The van der Waals surface area contributed by atoms with Crippen molar-refractivity contribution in [2.75, 3.05) is 38.2 Å². The molecule has 1 aromatic carbocycles. The third-order valence-electron chi connectivity index (χ3n) is 3.87. The van der Waals surface area contributed by atoms with E-state index in [0.717, 1.165) is 63.0 Å². The van der Waals surface area contributed by atoms with E-state index in [1.165, 1.54) is 6.92 Å². The van der Waals surface area contributed by atoms with Gasteiger partial charge in [0.1, 0.15) is 0 Å². The van der Waals surface area contributed by atoms with Gasteiger partial charge in [0.2, 0.25) is 5.91 Å². The zero-order valence-corrected chi connectivity index (χ0v) is 15.7. The van der Waals surface area contributed by atoms with Crippen LogP contribution >= 0.6 is 0 Å². The Morgan fingerprint density at radius 1 is 1.38 bits per heavy atom. The van der Waals surface area contributed by atoms with Gasteiger partial charge in [-0.05, 0) is 37.5 Å². The van der Waals surface area contributed by atoms with Gasteiger partial charge in [-0.25, -0.2) is 4.99 Å². The van der Waals surface area contributed by atoms with Gasteiger partial charge in [0.25, 0.3) is 0 Å². The molecule has 1 unspecified atom stereocenters. The van der Waals surface area contributed by atoms with Crippen molar-refractivity contribution in [2.24, 2.45) is 4.99 Å². The maximum absolute atomic E-state index is 11.2. The second-order valence-corrected chi connectivity index (χ2v) is 6.21. The van der Waals surface area contributed by atoms with Crippen LogP contribution in [0.4, 0.5) is 5.69 Å². The first kappa shape index (κ1) is 20.2. The Morgan fingerprint density at radius 3 is 3.00 bits per heavy atom. The van der Waals surface area contributed by atoms with E-state index in [9.17, 15) is 4.79 Å². The van der Waals surface area contributed by atoms with Crippen molar-refractivity contribution >= 4 is 17.6 Å². The number of aliphatic imine (C=N–C) groups is 1. The number of guanidine groups is 1. The minimum atomic E-state index is -0.0768. The van der Waals surface area contributed by atoms with E-state index in [0.29, 0.717) is 6.54 Å². The predicted molar refractivity (Wildman–Crippen MR) is 103 cm³/mol. The molecule has 1 aromatic rings. The van der Waals surface area contributed by atoms with Gasteiger partial charge in [0.05, 0.1) is 19.3 Å². The second kappa shape index (κ2) is 11.5. The molecule has 26 heavy (non-hydrogen) atoms. The summed E-state index contributed by atoms with van der Waals surface area (Å²) in [5.41, 5.74) is 1.83. The van der Waals surface area contributed by atoms with Crippen LogP contribution in [0.25, 0.3) is 0 Å². The minimum absolute atomic E-state index is 0.0768. The molecule has 2 rings (SSSR count). The van der Waals surface area contributed by atoms with Crippen LogP contribution in [0.5, 0.6) is 0 Å². The van der Waals surface area contributed by atoms with E-state index in [1.807, 2.05) is 31.2 Å². The van der Waals surface area contributed by atoms with E-state index in [-0.39, 0.29) is 12.0 Å². The van der Waals surface area contributed by atoms with Crippen LogP contribution in [0.2, 0.25) is 0 Å². The molecular weight excluding hydrogens is 332 g/mol. The molecule has 1 aliphatic rings. The molecule has 7 heteroatoms. The summed E-state index contributed by atoms with van der Waals surface area (Å²) in [6.07, 6.45) is 2.17. The number of carbonyl (C=O) groups excluding carboxylic acids is 1. The van der Waals surface area contributed by atoms with Crippen LogP contribution in [0.15, 0.2) is 29.3 Å². The van der Waals surface area contributed by atoms with Crippen LogP contribution in [0.1, 0.15) is 32.3 Å². The van der Waals surface area contributed by atoms with Crippen molar-refractivity contribution in [2.45, 2.75) is 39.3 Å². The van der Waals surface area contributed by atoms with Gasteiger partial charge in [0.15, 0.2) is 5.96 Å². The van der Waals surface area contributed by atoms with Gasteiger partial charge in [-0.1, -0.05) is 12.1 Å². The minimum Gasteiger partial charge on any atom is -0.379 e. The third kappa shape index (κ3) is 7.84. The highest BCUT2D eigenvalue weighted by Gasteiger charge is 2.15. The molecule has 0 spiro atoms. The Morgan fingerprint density at radius 2 is 2.27 bits per heavy atom. The number of nitrogens with one attached hydrogen (secondary N) is 3. The summed E-state index contributed by atoms with van der Waals surface area (Å²) in [6, 6.07) is 7.72. The first-order valence-corrected chi connectivity index (χ1v) is 9.25. The van der Waals surface area contributed by atoms with Gasteiger partial charge in [-0.3, -0.25) is 4.79 Å². The van der Waals surface area contributed by atoms with Gasteiger partial charge >= 0.3 is 0 Å². The molecule has 0 aromatic heterocycles. The molecule has 1 amide bonds. The quantitative estimate of drug-likeness (QED) is 0.355. The molecule has 1 heterocycles. The zero-order chi connectivity index (χ0) is 18.6. The van der Waals surface area contributed by atoms with Crippen molar-refractivity contribution in [3.8, 4) is 0 Å². The number of benzene rings is 1. The average molecular weight is 362 g/mol. The summed E-state index contributed by atoms with van der Waals surface area (Å²) in [6.45, 7) is 7.93. The fraction of sp³-hybridized carbons (Fsp3) is 0.579. The Bertz CT molecular complexity index is 586. The Hall–Kier alpha value is -2.12. The molecule has 1 saturated heterocycles. The molecule has 0 radical (unpaired) electrons. The summed E-state index contributed by atoms with van der Waals surface area (Å²) in [5, 5.41) is 9.35. The maximum atomic E-state index is 11.2. The third-order valence-corrected chi connectivity index (χ3v) is 3.87. The van der Waals surface area contributed by atoms with Gasteiger partial charge in [0, 0.05) is 38.9 Å². The number of nitrogens with zero attached hydrogens (tertiary/aromatic N) is 1. The number of ether oxygens (including phenoxy) is 2. The molecule has 144 valence electrons. The summed E-state index contributed by atoms with van der Waals surface area (Å²) in [4.78, 5) is 15.8. The number of hydrogen-bond donors (Lipinski definition) is 3. The van der Waals surface area contributed by atoms with E-state index >= 15 is 0 Å². The van der Waals surface area contributed by atoms with Crippen molar-refractivity contribution in [3.05, 3.63) is 29.8 Å². The lowest BCUT2D eigenvalue weighted by Crippen LogP contribution is -2.38. The molecule has 7 nitrogen and oxygen atoms in total. The number of amides is 1. The van der Waals surface area contributed by atoms with Crippen LogP contribution < -0.4 is 16.0 Å². The predicted octanol–water partition coefficient (Wildman–Crippen LogP) is 1.90. The zero-order valence-electron chi connectivity index (χ0n) is 15.7. The SMILES string of the molecule is CCNC(=NCc1cccc(NC(C)=O)c1)NCCCOC1CCOC1. The fourth-order valence-electron chi connectivity index (χ4n) is 2.64. The number of rotatable bonds is 9. The fourth-order valence-corrected chi connectivity index (χ4v) is 2.64. The largest absolute Gasteiger partial charge is 0.379 e. The van der Waals surface area contributed by atoms with Crippen molar-refractivity contribution in [3.63, 3.8) is 0 Å². The van der Waals surface area contributed by atoms with Gasteiger partial charge in [-0.2, -0.15) is 0 Å². The van der Waals surface area contributed by atoms with Crippen molar-refractivity contribution in [1.29, 1.82) is 0 Å². The molecule has 0 bridgehead atoms. The summed E-state index contributed by atoms with van der Waals surface area (Å²) in [5.74, 6) is 0.702.